The number of hydrogen-bond acceptors (Lipinski definition) is 4. The molecule has 2 aromatic rings. The van der Waals surface area contributed by atoms with Gasteiger partial charge in [0, 0.05) is 5.56 Å². The summed E-state index contributed by atoms with van der Waals surface area (Å²) in [6, 6.07) is 9.99. The number of hydrogen-bond donors (Lipinski definition) is 1. The van der Waals surface area contributed by atoms with Crippen LogP contribution < -0.4 is 5.73 Å². The Morgan fingerprint density at radius 3 is 2.61 bits per heavy atom. The lowest BCUT2D eigenvalue weighted by Gasteiger charge is -2.08. The van der Waals surface area contributed by atoms with E-state index in [-0.39, 0.29) is 0 Å². The number of nitrogens with two attached hydrogens (primary N) is 1. The highest BCUT2D eigenvalue weighted by Gasteiger charge is 2.11. The fraction of sp³-hybridized carbons (Fsp3) is 0.231. The predicted molar refractivity (Wildman–Crippen MR) is 81.4 cm³/mol. The molecule has 2 N–H and O–H groups in total. The summed E-state index contributed by atoms with van der Waals surface area (Å²) in [5.41, 5.74) is 7.82. The summed E-state index contributed by atoms with van der Waals surface area (Å²) in [7, 11) is 0. The lowest BCUT2D eigenvalue weighted by atomic mass is 10.1. The van der Waals surface area contributed by atoms with Gasteiger partial charge in [0.05, 0.1) is 15.9 Å². The minimum atomic E-state index is 0.496. The van der Waals surface area contributed by atoms with E-state index in [9.17, 15) is 0 Å². The molecular weight excluding hydrogens is 310 g/mol. The molecule has 0 aliphatic heterocycles. The van der Waals surface area contributed by atoms with Crippen molar-refractivity contribution < 1.29 is 0 Å². The topological polar surface area (TPSA) is 51.8 Å². The summed E-state index contributed by atoms with van der Waals surface area (Å²) in [5, 5.41) is 0. The first-order valence-electron chi connectivity index (χ1n) is 5.67. The number of aromatic nitrogens is 2. The lowest BCUT2D eigenvalue weighted by Crippen LogP contribution is -2.02. The van der Waals surface area contributed by atoms with Crippen molar-refractivity contribution >= 4 is 33.5 Å². The highest BCUT2D eigenvalue weighted by atomic mass is 79.9. The Morgan fingerprint density at radius 2 is 1.94 bits per heavy atom. The molecule has 0 radical (unpaired) electrons. The molecule has 0 saturated carbocycles. The van der Waals surface area contributed by atoms with Crippen LogP contribution in [0.25, 0.3) is 11.3 Å². The monoisotopic (exact) mass is 323 g/mol. The first kappa shape index (κ1) is 13.4. The molecule has 0 aliphatic carbocycles. The molecule has 0 bridgehead atoms. The van der Waals surface area contributed by atoms with Gasteiger partial charge in [-0.2, -0.15) is 11.8 Å². The molecule has 3 nitrogen and oxygen atoms in total. The maximum absolute atomic E-state index is 5.92. The Bertz CT molecular complexity index is 531. The summed E-state index contributed by atoms with van der Waals surface area (Å²) in [6.07, 6.45) is 0. The minimum Gasteiger partial charge on any atom is -0.383 e. The maximum atomic E-state index is 5.92. The molecule has 0 atom stereocenters. The van der Waals surface area contributed by atoms with Gasteiger partial charge in [-0.1, -0.05) is 37.3 Å². The number of nitrogen functional groups attached to an aromatic ring is 1. The van der Waals surface area contributed by atoms with Crippen LogP contribution in [0, 0.1) is 0 Å². The molecule has 5 heteroatoms. The SMILES string of the molecule is CCSCc1nc(N)c(Br)c(-c2ccccc2)n1. The molecule has 1 aromatic heterocycles. The highest BCUT2D eigenvalue weighted by molar-refractivity contribution is 9.10. The summed E-state index contributed by atoms with van der Waals surface area (Å²) in [5.74, 6) is 3.10. The van der Waals surface area contributed by atoms with E-state index < -0.39 is 0 Å². The van der Waals surface area contributed by atoms with Crippen molar-refractivity contribution in [3.8, 4) is 11.3 Å². The maximum Gasteiger partial charge on any atom is 0.142 e. The van der Waals surface area contributed by atoms with Gasteiger partial charge in [0.15, 0.2) is 0 Å². The number of anilines is 1. The first-order chi connectivity index (χ1) is 8.72. The van der Waals surface area contributed by atoms with Crippen molar-refractivity contribution in [2.24, 2.45) is 0 Å². The normalized spacial score (nSPS) is 10.6. The summed E-state index contributed by atoms with van der Waals surface area (Å²) >= 11 is 5.25. The van der Waals surface area contributed by atoms with Gasteiger partial charge in [0.1, 0.15) is 11.6 Å². The molecule has 0 aliphatic rings. The van der Waals surface area contributed by atoms with Crippen LogP contribution in [-0.4, -0.2) is 15.7 Å². The van der Waals surface area contributed by atoms with Gasteiger partial charge >= 0.3 is 0 Å². The number of nitrogens with zero attached hydrogens (tertiary/aromatic N) is 2. The third-order valence-corrected chi connectivity index (χ3v) is 4.06. The lowest BCUT2D eigenvalue weighted by molar-refractivity contribution is 1.04. The Balaban J connectivity index is 2.43. The Kier molecular flexibility index (Phi) is 4.60. The van der Waals surface area contributed by atoms with E-state index in [1.807, 2.05) is 30.3 Å². The molecule has 2 rings (SSSR count). The third-order valence-electron chi connectivity index (χ3n) is 2.41. The fourth-order valence-corrected chi connectivity index (χ4v) is 2.48. The molecule has 0 unspecified atom stereocenters. The van der Waals surface area contributed by atoms with Crippen molar-refractivity contribution in [2.75, 3.05) is 11.5 Å². The van der Waals surface area contributed by atoms with Gasteiger partial charge in [-0.3, -0.25) is 0 Å². The minimum absolute atomic E-state index is 0.496. The highest BCUT2D eigenvalue weighted by Crippen LogP contribution is 2.30. The average molecular weight is 324 g/mol. The van der Waals surface area contributed by atoms with E-state index in [1.54, 1.807) is 11.8 Å². The van der Waals surface area contributed by atoms with Crippen molar-refractivity contribution in [3.63, 3.8) is 0 Å². The Hall–Kier alpha value is -1.07. The molecule has 0 amide bonds. The third kappa shape index (κ3) is 3.03. The molecule has 0 spiro atoms. The second kappa shape index (κ2) is 6.20. The van der Waals surface area contributed by atoms with Gasteiger partial charge < -0.3 is 5.73 Å². The van der Waals surface area contributed by atoms with E-state index in [2.05, 4.69) is 32.8 Å². The van der Waals surface area contributed by atoms with Crippen LogP contribution >= 0.6 is 27.7 Å². The standard InChI is InChI=1S/C13H14BrN3S/c1-2-18-8-10-16-12(11(14)13(15)17-10)9-6-4-3-5-7-9/h3-7H,2,8H2,1H3,(H2,15,16,17). The molecule has 1 aromatic carbocycles. The summed E-state index contributed by atoms with van der Waals surface area (Å²) < 4.78 is 0.763. The van der Waals surface area contributed by atoms with Crippen LogP contribution in [0.3, 0.4) is 0 Å². The zero-order valence-electron chi connectivity index (χ0n) is 10.1. The second-order valence-corrected chi connectivity index (χ2v) is 5.76. The summed E-state index contributed by atoms with van der Waals surface area (Å²) in [6.45, 7) is 2.12. The van der Waals surface area contributed by atoms with Gasteiger partial charge in [0.25, 0.3) is 0 Å². The van der Waals surface area contributed by atoms with Crippen LogP contribution in [0.15, 0.2) is 34.8 Å². The van der Waals surface area contributed by atoms with Gasteiger partial charge in [-0.15, -0.1) is 0 Å². The molecule has 94 valence electrons. The number of thioether (sulfide) groups is 1. The van der Waals surface area contributed by atoms with Crippen LogP contribution in [0.4, 0.5) is 5.82 Å². The Labute approximate surface area is 119 Å². The second-order valence-electron chi connectivity index (χ2n) is 3.69. The fourth-order valence-electron chi connectivity index (χ4n) is 1.56. The van der Waals surface area contributed by atoms with E-state index in [0.717, 1.165) is 33.1 Å². The van der Waals surface area contributed by atoms with Crippen molar-refractivity contribution in [2.45, 2.75) is 12.7 Å². The van der Waals surface area contributed by atoms with Crippen LogP contribution in [0.5, 0.6) is 0 Å². The van der Waals surface area contributed by atoms with E-state index in [4.69, 9.17) is 5.73 Å². The van der Waals surface area contributed by atoms with Gasteiger partial charge in [-0.05, 0) is 21.7 Å². The zero-order chi connectivity index (χ0) is 13.0. The van der Waals surface area contributed by atoms with Crippen LogP contribution in [0.2, 0.25) is 0 Å². The predicted octanol–water partition coefficient (Wildman–Crippen LogP) is 3.74. The van der Waals surface area contributed by atoms with Crippen molar-refractivity contribution in [1.29, 1.82) is 0 Å². The Morgan fingerprint density at radius 1 is 1.22 bits per heavy atom. The number of rotatable bonds is 4. The number of halogens is 1. The largest absolute Gasteiger partial charge is 0.383 e. The molecular formula is C13H14BrN3S. The van der Waals surface area contributed by atoms with Crippen LogP contribution in [-0.2, 0) is 5.75 Å². The summed E-state index contributed by atoms with van der Waals surface area (Å²) in [4.78, 5) is 8.88. The van der Waals surface area contributed by atoms with Crippen molar-refractivity contribution in [1.82, 2.24) is 9.97 Å². The smallest absolute Gasteiger partial charge is 0.142 e. The van der Waals surface area contributed by atoms with Crippen molar-refractivity contribution in [3.05, 3.63) is 40.6 Å². The van der Waals surface area contributed by atoms with E-state index in [1.165, 1.54) is 0 Å². The van der Waals surface area contributed by atoms with Crippen LogP contribution in [0.1, 0.15) is 12.7 Å². The molecule has 18 heavy (non-hydrogen) atoms. The molecule has 0 saturated heterocycles. The van der Waals surface area contributed by atoms with Gasteiger partial charge in [-0.25, -0.2) is 9.97 Å². The molecule has 1 heterocycles. The van der Waals surface area contributed by atoms with E-state index >= 15 is 0 Å². The van der Waals surface area contributed by atoms with E-state index in [0.29, 0.717) is 5.82 Å². The quantitative estimate of drug-likeness (QED) is 0.931. The van der Waals surface area contributed by atoms with Gasteiger partial charge in [0.2, 0.25) is 0 Å². The first-order valence-corrected chi connectivity index (χ1v) is 7.62. The average Bonchev–Trinajstić information content (AvgIpc) is 2.41. The number of benzene rings is 1. The molecule has 0 fully saturated rings. The zero-order valence-corrected chi connectivity index (χ0v) is 12.5.